The molecule has 0 saturated heterocycles. The molecule has 2 rings (SSSR count). The first-order valence-corrected chi connectivity index (χ1v) is 4.04. The average molecular weight is 187 g/mol. The Kier molecular flexibility index (Phi) is 1.86. The number of nitriles is 1. The molecule has 0 amide bonds. The second kappa shape index (κ2) is 3.04. The molecule has 4 heteroatoms. The number of benzene rings is 1. The highest BCUT2D eigenvalue weighted by Gasteiger charge is 2.07. The Labute approximate surface area is 79.8 Å². The zero-order chi connectivity index (χ0) is 10.1. The van der Waals surface area contributed by atoms with E-state index >= 15 is 0 Å². The molecule has 68 valence electrons. The number of aromatic nitrogens is 2. The second-order valence-corrected chi connectivity index (χ2v) is 2.99. The topological polar surface area (TPSA) is 49.6 Å². The van der Waals surface area contributed by atoms with Gasteiger partial charge in [0.05, 0.1) is 11.8 Å². The fraction of sp³-hybridized carbons (Fsp3) is 0.100. The molecule has 2 aromatic rings. The van der Waals surface area contributed by atoms with E-state index in [1.165, 1.54) is 6.07 Å². The highest BCUT2D eigenvalue weighted by atomic mass is 19.1. The Hall–Kier alpha value is -2.02. The van der Waals surface area contributed by atoms with Crippen LogP contribution in [0.15, 0.2) is 18.3 Å². The molecule has 0 aliphatic carbocycles. The van der Waals surface area contributed by atoms with Crippen LogP contribution in [-0.2, 0) is 0 Å². The summed E-state index contributed by atoms with van der Waals surface area (Å²) in [4.78, 5) is 0. The summed E-state index contributed by atoms with van der Waals surface area (Å²) in [6.45, 7) is 1.80. The van der Waals surface area contributed by atoms with Crippen LogP contribution in [0.25, 0.3) is 10.9 Å². The predicted molar refractivity (Wildman–Crippen MR) is 48.9 cm³/mol. The third kappa shape index (κ3) is 1.19. The van der Waals surface area contributed by atoms with Gasteiger partial charge in [0.2, 0.25) is 0 Å². The molecular weight excluding hydrogens is 181 g/mol. The van der Waals surface area contributed by atoms with Gasteiger partial charge in [0.1, 0.15) is 17.4 Å². The molecule has 0 radical (unpaired) electrons. The first-order valence-electron chi connectivity index (χ1n) is 4.04. The molecule has 0 saturated carbocycles. The summed E-state index contributed by atoms with van der Waals surface area (Å²) in [5.41, 5.74) is 1.48. The largest absolute Gasteiger partial charge is 0.207 e. The van der Waals surface area contributed by atoms with Crippen molar-refractivity contribution in [1.29, 1.82) is 5.26 Å². The second-order valence-electron chi connectivity index (χ2n) is 2.99. The van der Waals surface area contributed by atoms with E-state index in [0.717, 1.165) is 11.6 Å². The van der Waals surface area contributed by atoms with Gasteiger partial charge in [0, 0.05) is 5.39 Å². The molecule has 0 atom stereocenters. The van der Waals surface area contributed by atoms with E-state index < -0.39 is 5.82 Å². The minimum Gasteiger partial charge on any atom is -0.207 e. The number of aryl methyl sites for hydroxylation is 1. The Balaban J connectivity index is 2.96. The molecule has 0 aliphatic heterocycles. The van der Waals surface area contributed by atoms with Gasteiger partial charge in [-0.15, -0.1) is 5.10 Å². The van der Waals surface area contributed by atoms with Gasteiger partial charge >= 0.3 is 0 Å². The lowest BCUT2D eigenvalue weighted by atomic mass is 10.1. The van der Waals surface area contributed by atoms with Gasteiger partial charge in [-0.2, -0.15) is 10.4 Å². The van der Waals surface area contributed by atoms with E-state index in [9.17, 15) is 4.39 Å². The summed E-state index contributed by atoms with van der Waals surface area (Å²) >= 11 is 0. The summed E-state index contributed by atoms with van der Waals surface area (Å²) in [5, 5.41) is 16.9. The van der Waals surface area contributed by atoms with Crippen LogP contribution in [0.2, 0.25) is 0 Å². The standard InChI is InChI=1S/C10H6FN3/c1-6-5-13-14-10-7(4-12)2-8(11)3-9(6)10/h2-3,5H,1H3. The summed E-state index contributed by atoms with van der Waals surface area (Å²) in [6.07, 6.45) is 1.54. The third-order valence-electron chi connectivity index (χ3n) is 2.03. The molecule has 0 aliphatic rings. The molecule has 0 bridgehead atoms. The van der Waals surface area contributed by atoms with E-state index in [0.29, 0.717) is 10.9 Å². The van der Waals surface area contributed by atoms with E-state index in [4.69, 9.17) is 5.26 Å². The normalized spacial score (nSPS) is 10.1. The van der Waals surface area contributed by atoms with E-state index in [1.54, 1.807) is 13.1 Å². The lowest BCUT2D eigenvalue weighted by molar-refractivity contribution is 0.629. The first kappa shape index (κ1) is 8.57. The molecule has 0 N–H and O–H groups in total. The smallest absolute Gasteiger partial charge is 0.125 e. The zero-order valence-electron chi connectivity index (χ0n) is 7.45. The van der Waals surface area contributed by atoms with Crippen molar-refractivity contribution in [2.45, 2.75) is 6.92 Å². The van der Waals surface area contributed by atoms with Crippen LogP contribution in [0.5, 0.6) is 0 Å². The molecule has 0 unspecified atom stereocenters. The lowest BCUT2D eigenvalue weighted by Gasteiger charge is -2.01. The number of halogens is 1. The van der Waals surface area contributed by atoms with Crippen LogP contribution in [-0.4, -0.2) is 10.2 Å². The van der Waals surface area contributed by atoms with Crippen molar-refractivity contribution in [3.8, 4) is 6.07 Å². The van der Waals surface area contributed by atoms with Gasteiger partial charge in [-0.3, -0.25) is 0 Å². The summed E-state index contributed by atoms with van der Waals surface area (Å²) < 4.78 is 13.1. The van der Waals surface area contributed by atoms with Crippen LogP contribution in [0.1, 0.15) is 11.1 Å². The van der Waals surface area contributed by atoms with Gasteiger partial charge in [0.25, 0.3) is 0 Å². The van der Waals surface area contributed by atoms with Crippen LogP contribution in [0, 0.1) is 24.1 Å². The lowest BCUT2D eigenvalue weighted by Crippen LogP contribution is -1.91. The van der Waals surface area contributed by atoms with Crippen molar-refractivity contribution in [2.75, 3.05) is 0 Å². The fourth-order valence-corrected chi connectivity index (χ4v) is 1.34. The van der Waals surface area contributed by atoms with Crippen molar-refractivity contribution in [3.05, 3.63) is 35.3 Å². The highest BCUT2D eigenvalue weighted by Crippen LogP contribution is 2.19. The van der Waals surface area contributed by atoms with Crippen molar-refractivity contribution in [2.24, 2.45) is 0 Å². The van der Waals surface area contributed by atoms with Gasteiger partial charge in [0.15, 0.2) is 0 Å². The molecule has 1 aromatic carbocycles. The van der Waals surface area contributed by atoms with Gasteiger partial charge in [-0.1, -0.05) is 0 Å². The monoisotopic (exact) mass is 187 g/mol. The summed E-state index contributed by atoms with van der Waals surface area (Å²) in [7, 11) is 0. The van der Waals surface area contributed by atoms with E-state index in [-0.39, 0.29) is 5.56 Å². The number of nitrogens with zero attached hydrogens (tertiary/aromatic N) is 3. The summed E-state index contributed by atoms with van der Waals surface area (Å²) in [5.74, 6) is -0.426. The van der Waals surface area contributed by atoms with Gasteiger partial charge in [-0.05, 0) is 24.6 Å². The Morgan fingerprint density at radius 3 is 2.93 bits per heavy atom. The maximum absolute atomic E-state index is 13.1. The zero-order valence-corrected chi connectivity index (χ0v) is 7.45. The fourth-order valence-electron chi connectivity index (χ4n) is 1.34. The maximum atomic E-state index is 13.1. The Morgan fingerprint density at radius 1 is 1.43 bits per heavy atom. The molecule has 0 spiro atoms. The predicted octanol–water partition coefficient (Wildman–Crippen LogP) is 1.95. The molecule has 0 fully saturated rings. The molecular formula is C10H6FN3. The van der Waals surface area contributed by atoms with Crippen molar-refractivity contribution >= 4 is 10.9 Å². The van der Waals surface area contributed by atoms with Crippen LogP contribution < -0.4 is 0 Å². The first-order chi connectivity index (χ1) is 6.72. The van der Waals surface area contributed by atoms with Gasteiger partial charge in [-0.25, -0.2) is 4.39 Å². The Bertz CT molecular complexity index is 543. The molecule has 1 heterocycles. The van der Waals surface area contributed by atoms with Crippen LogP contribution in [0.3, 0.4) is 0 Å². The number of hydrogen-bond donors (Lipinski definition) is 0. The number of rotatable bonds is 0. The van der Waals surface area contributed by atoms with Crippen LogP contribution >= 0.6 is 0 Å². The van der Waals surface area contributed by atoms with E-state index in [1.807, 2.05) is 6.07 Å². The third-order valence-corrected chi connectivity index (χ3v) is 2.03. The number of hydrogen-bond acceptors (Lipinski definition) is 3. The minimum absolute atomic E-state index is 0.219. The van der Waals surface area contributed by atoms with Gasteiger partial charge < -0.3 is 0 Å². The molecule has 3 nitrogen and oxygen atoms in total. The molecule has 14 heavy (non-hydrogen) atoms. The number of fused-ring (bicyclic) bond motifs is 1. The molecule has 1 aromatic heterocycles. The summed E-state index contributed by atoms with van der Waals surface area (Å²) in [6, 6.07) is 4.42. The SMILES string of the molecule is Cc1cnnc2c(C#N)cc(F)cc12. The van der Waals surface area contributed by atoms with Crippen molar-refractivity contribution < 1.29 is 4.39 Å². The minimum atomic E-state index is -0.426. The Morgan fingerprint density at radius 2 is 2.21 bits per heavy atom. The van der Waals surface area contributed by atoms with Crippen LogP contribution in [0.4, 0.5) is 4.39 Å². The average Bonchev–Trinajstić information content (AvgIpc) is 2.18. The highest BCUT2D eigenvalue weighted by molar-refractivity contribution is 5.86. The maximum Gasteiger partial charge on any atom is 0.125 e. The van der Waals surface area contributed by atoms with Crippen molar-refractivity contribution in [1.82, 2.24) is 10.2 Å². The quantitative estimate of drug-likeness (QED) is 0.633. The van der Waals surface area contributed by atoms with E-state index in [2.05, 4.69) is 10.2 Å². The van der Waals surface area contributed by atoms with Crippen molar-refractivity contribution in [3.63, 3.8) is 0 Å².